The summed E-state index contributed by atoms with van der Waals surface area (Å²) in [4.78, 5) is 18.0. The van der Waals surface area contributed by atoms with Gasteiger partial charge in [-0.05, 0) is 94.0 Å². The topological polar surface area (TPSA) is 81.8 Å². The number of amides is 2. The lowest BCUT2D eigenvalue weighted by atomic mass is 9.64. The Morgan fingerprint density at radius 3 is 2.90 bits per heavy atom. The van der Waals surface area contributed by atoms with Gasteiger partial charge in [0.15, 0.2) is 0 Å². The smallest absolute Gasteiger partial charge is 0.317 e. The number of phenols is 1. The van der Waals surface area contributed by atoms with Crippen LogP contribution in [0.5, 0.6) is 5.75 Å². The molecule has 3 fully saturated rings. The summed E-state index contributed by atoms with van der Waals surface area (Å²) < 4.78 is 0. The van der Waals surface area contributed by atoms with E-state index in [-0.39, 0.29) is 23.5 Å². The molecule has 1 saturated carbocycles. The van der Waals surface area contributed by atoms with Gasteiger partial charge < -0.3 is 21.1 Å². The number of aromatic hydroxyl groups is 1. The van der Waals surface area contributed by atoms with Gasteiger partial charge in [-0.3, -0.25) is 4.90 Å². The lowest BCUT2D eigenvalue weighted by Crippen LogP contribution is -2.49. The van der Waals surface area contributed by atoms with E-state index in [9.17, 15) is 9.90 Å². The molecule has 1 spiro atoms. The van der Waals surface area contributed by atoms with Crippen molar-refractivity contribution < 1.29 is 9.90 Å². The van der Waals surface area contributed by atoms with Crippen molar-refractivity contribution in [2.45, 2.75) is 75.9 Å². The summed E-state index contributed by atoms with van der Waals surface area (Å²) in [5, 5.41) is 13.6. The van der Waals surface area contributed by atoms with Crippen LogP contribution >= 0.6 is 0 Å². The number of rotatable bonds is 3. The third kappa shape index (κ3) is 3.43. The van der Waals surface area contributed by atoms with Crippen LogP contribution in [-0.4, -0.2) is 65.2 Å². The highest BCUT2D eigenvalue weighted by molar-refractivity contribution is 5.75. The highest BCUT2D eigenvalue weighted by atomic mass is 16.3. The van der Waals surface area contributed by atoms with Crippen molar-refractivity contribution >= 4 is 6.03 Å². The molecular weight excluding hydrogens is 388 g/mol. The molecule has 4 N–H and O–H groups in total. The van der Waals surface area contributed by atoms with E-state index in [0.29, 0.717) is 30.2 Å². The van der Waals surface area contributed by atoms with Crippen molar-refractivity contribution in [3.63, 3.8) is 0 Å². The molecule has 6 heteroatoms. The van der Waals surface area contributed by atoms with Gasteiger partial charge in [0.05, 0.1) is 0 Å². The number of nitrogens with two attached hydrogens (primary N) is 1. The lowest BCUT2D eigenvalue weighted by Gasteiger charge is -2.43. The molecule has 6 nitrogen and oxygen atoms in total. The van der Waals surface area contributed by atoms with Gasteiger partial charge in [0, 0.05) is 43.2 Å². The minimum atomic E-state index is 0.0401. The number of benzene rings is 1. The molecule has 5 aliphatic rings. The van der Waals surface area contributed by atoms with Crippen LogP contribution in [0.15, 0.2) is 18.2 Å². The van der Waals surface area contributed by atoms with Crippen LogP contribution in [0.1, 0.15) is 57.1 Å². The van der Waals surface area contributed by atoms with Gasteiger partial charge in [0.25, 0.3) is 0 Å². The fourth-order valence-corrected chi connectivity index (χ4v) is 7.57. The molecule has 0 radical (unpaired) electrons. The lowest BCUT2D eigenvalue weighted by molar-refractivity contribution is 0.153. The predicted octanol–water partition coefficient (Wildman–Crippen LogP) is 2.83. The van der Waals surface area contributed by atoms with Crippen molar-refractivity contribution in [3.8, 4) is 5.75 Å². The van der Waals surface area contributed by atoms with Gasteiger partial charge in [0.2, 0.25) is 0 Å². The van der Waals surface area contributed by atoms with Gasteiger partial charge in [-0.15, -0.1) is 0 Å². The normalized spacial score (nSPS) is 34.6. The van der Waals surface area contributed by atoms with Crippen molar-refractivity contribution in [1.82, 2.24) is 15.1 Å². The van der Waals surface area contributed by atoms with Crippen molar-refractivity contribution in [1.29, 1.82) is 0 Å². The Hall–Kier alpha value is -1.79. The molecule has 2 amide bonds. The highest BCUT2D eigenvalue weighted by Crippen LogP contribution is 2.59. The third-order valence-electron chi connectivity index (χ3n) is 8.69. The van der Waals surface area contributed by atoms with E-state index in [1.807, 2.05) is 19.9 Å². The van der Waals surface area contributed by atoms with Crippen molar-refractivity contribution in [2.75, 3.05) is 26.2 Å². The summed E-state index contributed by atoms with van der Waals surface area (Å²) in [7, 11) is 0. The quantitative estimate of drug-likeness (QED) is 0.694. The van der Waals surface area contributed by atoms with Crippen LogP contribution < -0.4 is 11.1 Å². The Bertz CT molecular complexity index is 843. The van der Waals surface area contributed by atoms with Crippen LogP contribution in [-0.2, 0) is 11.8 Å². The molecule has 4 unspecified atom stereocenters. The Kier molecular flexibility index (Phi) is 5.41. The van der Waals surface area contributed by atoms with Crippen LogP contribution in [0.3, 0.4) is 0 Å². The molecule has 1 aromatic carbocycles. The van der Waals surface area contributed by atoms with Gasteiger partial charge in [-0.1, -0.05) is 6.07 Å². The Morgan fingerprint density at radius 1 is 1.29 bits per heavy atom. The number of urea groups is 1. The number of hydrogen-bond acceptors (Lipinski definition) is 4. The number of nitrogens with zero attached hydrogens (tertiary/aromatic N) is 2. The molecule has 3 aliphatic heterocycles. The zero-order chi connectivity index (χ0) is 21.8. The summed E-state index contributed by atoms with van der Waals surface area (Å²) in [6, 6.07) is 7.06. The fourth-order valence-electron chi connectivity index (χ4n) is 7.57. The Labute approximate surface area is 186 Å². The van der Waals surface area contributed by atoms with E-state index in [1.165, 1.54) is 17.5 Å². The molecular formula is C25H38N4O2. The first-order chi connectivity index (χ1) is 14.9. The van der Waals surface area contributed by atoms with Crippen LogP contribution in [0.25, 0.3) is 0 Å². The summed E-state index contributed by atoms with van der Waals surface area (Å²) in [5.74, 6) is 1.40. The molecule has 2 bridgehead atoms. The maximum Gasteiger partial charge on any atom is 0.317 e. The Balaban J connectivity index is 1.62. The first-order valence-electron chi connectivity index (χ1n) is 12.3. The first kappa shape index (κ1) is 21.1. The van der Waals surface area contributed by atoms with E-state index in [4.69, 9.17) is 5.73 Å². The summed E-state index contributed by atoms with van der Waals surface area (Å²) in [5.41, 5.74) is 8.82. The van der Waals surface area contributed by atoms with E-state index in [1.54, 1.807) is 0 Å². The average Bonchev–Trinajstić information content (AvgIpc) is 3.28. The second-order valence-corrected chi connectivity index (χ2v) is 10.7. The fraction of sp³-hybridized carbons (Fsp3) is 0.720. The Morgan fingerprint density at radius 2 is 2.13 bits per heavy atom. The van der Waals surface area contributed by atoms with Gasteiger partial charge in [-0.2, -0.15) is 0 Å². The number of carbonyl (C=O) groups is 1. The van der Waals surface area contributed by atoms with E-state index < -0.39 is 0 Å². The highest BCUT2D eigenvalue weighted by Gasteiger charge is 2.59. The number of likely N-dealkylation sites (tertiary alicyclic amines) is 1. The minimum absolute atomic E-state index is 0.0401. The van der Waals surface area contributed by atoms with Crippen molar-refractivity contribution in [3.05, 3.63) is 29.3 Å². The number of nitrogens with one attached hydrogen (secondary N) is 1. The molecule has 2 saturated heterocycles. The summed E-state index contributed by atoms with van der Waals surface area (Å²) in [6.45, 7) is 7.63. The molecule has 5 atom stereocenters. The SMILES string of the molecule is CC(C)NC(=O)N1C[C@H]2CCC34CCN(CCN)C(CCC1C23)Cc1ccc(O)cc14. The molecule has 3 heterocycles. The number of hydrogen-bond donors (Lipinski definition) is 3. The largest absolute Gasteiger partial charge is 0.508 e. The second kappa shape index (κ2) is 7.96. The van der Waals surface area contributed by atoms with Gasteiger partial charge in [-0.25, -0.2) is 4.79 Å². The number of carbonyl (C=O) groups excluding carboxylic acids is 1. The predicted molar refractivity (Wildman–Crippen MR) is 122 cm³/mol. The number of phenolic OH excluding ortho intramolecular Hbond substituents is 1. The molecule has 0 aromatic heterocycles. The summed E-state index contributed by atoms with van der Waals surface area (Å²) >= 11 is 0. The monoisotopic (exact) mass is 426 g/mol. The van der Waals surface area contributed by atoms with E-state index in [2.05, 4.69) is 27.2 Å². The standard InChI is InChI=1S/C25H38N4O2/c1-16(2)27-24(31)29-15-18-7-8-25-9-11-28(12-10-26)19(4-6-22(29)23(18)25)13-17-3-5-20(30)14-21(17)25/h3,5,14,16,18-19,22-23,30H,4,6-13,15,26H2,1-2H3,(H,27,31)/t18-,19?,22?,23?,25?/m1/s1. The van der Waals surface area contributed by atoms with E-state index in [0.717, 1.165) is 51.7 Å². The minimum Gasteiger partial charge on any atom is -0.508 e. The first-order valence-corrected chi connectivity index (χ1v) is 12.3. The van der Waals surface area contributed by atoms with Crippen LogP contribution in [0.2, 0.25) is 0 Å². The second-order valence-electron chi connectivity index (χ2n) is 10.7. The average molecular weight is 427 g/mol. The van der Waals surface area contributed by atoms with Gasteiger partial charge in [0.1, 0.15) is 5.75 Å². The van der Waals surface area contributed by atoms with Crippen LogP contribution in [0, 0.1) is 11.8 Å². The third-order valence-corrected chi connectivity index (χ3v) is 8.69. The zero-order valence-corrected chi connectivity index (χ0v) is 19.0. The van der Waals surface area contributed by atoms with Crippen molar-refractivity contribution in [2.24, 2.45) is 17.6 Å². The van der Waals surface area contributed by atoms with Crippen LogP contribution in [0.4, 0.5) is 4.79 Å². The number of fused-ring (bicyclic) bond motifs is 3. The zero-order valence-electron chi connectivity index (χ0n) is 19.0. The molecule has 170 valence electrons. The van der Waals surface area contributed by atoms with E-state index >= 15 is 0 Å². The molecule has 6 rings (SSSR count). The molecule has 1 aromatic rings. The summed E-state index contributed by atoms with van der Waals surface area (Å²) in [6.07, 6.45) is 6.59. The molecule has 2 aliphatic carbocycles. The molecule has 31 heavy (non-hydrogen) atoms. The maximum atomic E-state index is 13.2. The van der Waals surface area contributed by atoms with Gasteiger partial charge >= 0.3 is 6.03 Å². The maximum absolute atomic E-state index is 13.2.